The number of rotatable bonds is 13. The summed E-state index contributed by atoms with van der Waals surface area (Å²) in [5.74, 6) is -0.889. The van der Waals surface area contributed by atoms with Crippen molar-refractivity contribution in [3.8, 4) is 0 Å². The van der Waals surface area contributed by atoms with Gasteiger partial charge >= 0.3 is 0 Å². The molecule has 0 aromatic heterocycles. The molecule has 3 aromatic rings. The van der Waals surface area contributed by atoms with E-state index in [4.69, 9.17) is 34.8 Å². The zero-order valence-electron chi connectivity index (χ0n) is 22.3. The Hall–Kier alpha value is -2.78. The monoisotopic (exact) mass is 623 g/mol. The van der Waals surface area contributed by atoms with Gasteiger partial charge in [0.2, 0.25) is 11.8 Å². The lowest BCUT2D eigenvalue weighted by Crippen LogP contribution is -2.52. The highest BCUT2D eigenvalue weighted by molar-refractivity contribution is 7.92. The Labute approximate surface area is 251 Å². The van der Waals surface area contributed by atoms with Crippen LogP contribution in [-0.4, -0.2) is 44.3 Å². The van der Waals surface area contributed by atoms with Crippen molar-refractivity contribution in [2.45, 2.75) is 50.6 Å². The molecule has 1 N–H and O–H groups in total. The maximum atomic E-state index is 14.0. The van der Waals surface area contributed by atoms with Gasteiger partial charge in [0.25, 0.3) is 10.0 Å². The van der Waals surface area contributed by atoms with E-state index in [1.165, 1.54) is 29.2 Å². The number of hydrogen-bond donors (Lipinski definition) is 1. The standard InChI is InChI=1S/C29H32Cl3N3O4S/c1-3-5-18-33-29(37)25(4-2)34(19-21-14-16-22(30)17-15-21)27(36)20-35(26-13-9-12-24(31)28(26)32)40(38,39)23-10-7-6-8-11-23/h6-17,25H,3-5,18-20H2,1-2H3,(H,33,37)/t25-/m1/s1. The zero-order valence-corrected chi connectivity index (χ0v) is 25.4. The van der Waals surface area contributed by atoms with Crippen molar-refractivity contribution in [1.82, 2.24) is 10.2 Å². The highest BCUT2D eigenvalue weighted by atomic mass is 35.5. The molecule has 0 aliphatic rings. The number of nitrogens with zero attached hydrogens (tertiary/aromatic N) is 2. The van der Waals surface area contributed by atoms with Gasteiger partial charge in [0, 0.05) is 18.1 Å². The van der Waals surface area contributed by atoms with E-state index in [9.17, 15) is 18.0 Å². The van der Waals surface area contributed by atoms with E-state index in [2.05, 4.69) is 5.32 Å². The quantitative estimate of drug-likeness (QED) is 0.218. The number of benzene rings is 3. The first-order valence-electron chi connectivity index (χ1n) is 12.9. The Morgan fingerprint density at radius 2 is 1.57 bits per heavy atom. The summed E-state index contributed by atoms with van der Waals surface area (Å²) in [6.45, 7) is 3.75. The number of nitrogens with one attached hydrogen (secondary N) is 1. The van der Waals surface area contributed by atoms with Crippen molar-refractivity contribution in [3.05, 3.63) is 93.4 Å². The van der Waals surface area contributed by atoms with Crippen molar-refractivity contribution in [2.75, 3.05) is 17.4 Å². The summed E-state index contributed by atoms with van der Waals surface area (Å²) in [5.41, 5.74) is 0.786. The van der Waals surface area contributed by atoms with Crippen LogP contribution in [0.1, 0.15) is 38.7 Å². The van der Waals surface area contributed by atoms with Crippen molar-refractivity contribution in [2.24, 2.45) is 0 Å². The van der Waals surface area contributed by atoms with Crippen molar-refractivity contribution >= 4 is 62.3 Å². The lowest BCUT2D eigenvalue weighted by molar-refractivity contribution is -0.140. The predicted molar refractivity (Wildman–Crippen MR) is 161 cm³/mol. The lowest BCUT2D eigenvalue weighted by atomic mass is 10.1. The van der Waals surface area contributed by atoms with Gasteiger partial charge in [-0.05, 0) is 54.8 Å². The van der Waals surface area contributed by atoms with Crippen LogP contribution < -0.4 is 9.62 Å². The number of carbonyl (C=O) groups is 2. The Morgan fingerprint density at radius 3 is 2.20 bits per heavy atom. The average molecular weight is 625 g/mol. The van der Waals surface area contributed by atoms with Gasteiger partial charge in [-0.1, -0.05) is 91.5 Å². The smallest absolute Gasteiger partial charge is 0.264 e. The van der Waals surface area contributed by atoms with Gasteiger partial charge in [-0.3, -0.25) is 13.9 Å². The summed E-state index contributed by atoms with van der Waals surface area (Å²) in [6.07, 6.45) is 2.02. The molecule has 0 heterocycles. The van der Waals surface area contributed by atoms with Crippen LogP contribution in [0.5, 0.6) is 0 Å². The molecule has 0 unspecified atom stereocenters. The maximum absolute atomic E-state index is 14.0. The molecule has 0 spiro atoms. The summed E-state index contributed by atoms with van der Waals surface area (Å²) in [4.78, 5) is 28.6. The Kier molecular flexibility index (Phi) is 11.7. The van der Waals surface area contributed by atoms with Crippen molar-refractivity contribution in [1.29, 1.82) is 0 Å². The van der Waals surface area contributed by atoms with Gasteiger partial charge < -0.3 is 10.2 Å². The number of halogens is 3. The Morgan fingerprint density at radius 1 is 0.900 bits per heavy atom. The van der Waals surface area contributed by atoms with Crippen LogP contribution in [-0.2, 0) is 26.2 Å². The molecule has 0 bridgehead atoms. The fraction of sp³-hybridized carbons (Fsp3) is 0.310. The molecule has 2 amide bonds. The summed E-state index contributed by atoms with van der Waals surface area (Å²) >= 11 is 18.7. The molecule has 0 aliphatic carbocycles. The fourth-order valence-electron chi connectivity index (χ4n) is 4.13. The number of unbranched alkanes of at least 4 members (excludes halogenated alkanes) is 1. The molecule has 3 rings (SSSR count). The number of carbonyl (C=O) groups excluding carboxylic acids is 2. The number of hydrogen-bond acceptors (Lipinski definition) is 4. The van der Waals surface area contributed by atoms with Crippen LogP contribution in [0.2, 0.25) is 15.1 Å². The van der Waals surface area contributed by atoms with Crippen LogP contribution in [0.15, 0.2) is 77.7 Å². The molecular formula is C29H32Cl3N3O4S. The topological polar surface area (TPSA) is 86.8 Å². The molecule has 40 heavy (non-hydrogen) atoms. The third-order valence-corrected chi connectivity index (χ3v) is 9.13. The third-order valence-electron chi connectivity index (χ3n) is 6.29. The molecule has 3 aromatic carbocycles. The van der Waals surface area contributed by atoms with Crippen LogP contribution in [0.3, 0.4) is 0 Å². The molecule has 7 nitrogen and oxygen atoms in total. The van der Waals surface area contributed by atoms with Crippen LogP contribution in [0.4, 0.5) is 5.69 Å². The summed E-state index contributed by atoms with van der Waals surface area (Å²) in [6, 6.07) is 18.4. The number of anilines is 1. The number of amides is 2. The van der Waals surface area contributed by atoms with E-state index in [1.807, 2.05) is 6.92 Å². The minimum Gasteiger partial charge on any atom is -0.354 e. The average Bonchev–Trinajstić information content (AvgIpc) is 2.95. The van der Waals surface area contributed by atoms with Gasteiger partial charge in [0.15, 0.2) is 0 Å². The van der Waals surface area contributed by atoms with Crippen LogP contribution >= 0.6 is 34.8 Å². The summed E-state index contributed by atoms with van der Waals surface area (Å²) in [7, 11) is -4.25. The molecule has 214 valence electrons. The van der Waals surface area contributed by atoms with E-state index in [-0.39, 0.29) is 33.1 Å². The fourth-order valence-corrected chi connectivity index (χ4v) is 6.15. The van der Waals surface area contributed by atoms with Gasteiger partial charge in [0.05, 0.1) is 20.6 Å². The number of sulfonamides is 1. The zero-order chi connectivity index (χ0) is 29.3. The molecule has 0 saturated heterocycles. The molecule has 0 aliphatic heterocycles. The third kappa shape index (κ3) is 7.91. The van der Waals surface area contributed by atoms with Crippen LogP contribution in [0, 0.1) is 0 Å². The Balaban J connectivity index is 2.06. The normalized spacial score (nSPS) is 12.0. The molecule has 1 atom stereocenters. The maximum Gasteiger partial charge on any atom is 0.264 e. The van der Waals surface area contributed by atoms with Crippen molar-refractivity contribution in [3.63, 3.8) is 0 Å². The van der Waals surface area contributed by atoms with Gasteiger partial charge in [0.1, 0.15) is 12.6 Å². The highest BCUT2D eigenvalue weighted by Gasteiger charge is 2.34. The second-order valence-electron chi connectivity index (χ2n) is 9.11. The SMILES string of the molecule is CCCCNC(=O)[C@@H](CC)N(Cc1ccc(Cl)cc1)C(=O)CN(c1cccc(Cl)c1Cl)S(=O)(=O)c1ccccc1. The summed E-state index contributed by atoms with van der Waals surface area (Å²) in [5, 5.41) is 3.56. The minimum atomic E-state index is -4.25. The van der Waals surface area contributed by atoms with E-state index in [0.29, 0.717) is 18.0 Å². The molecule has 0 fully saturated rings. The first-order chi connectivity index (χ1) is 19.1. The first kappa shape index (κ1) is 31.7. The molecule has 0 saturated carbocycles. The van der Waals surface area contributed by atoms with Gasteiger partial charge in [-0.2, -0.15) is 0 Å². The first-order valence-corrected chi connectivity index (χ1v) is 15.5. The van der Waals surface area contributed by atoms with E-state index >= 15 is 0 Å². The second-order valence-corrected chi connectivity index (χ2v) is 12.2. The molecule has 0 radical (unpaired) electrons. The highest BCUT2D eigenvalue weighted by Crippen LogP contribution is 2.35. The predicted octanol–water partition coefficient (Wildman–Crippen LogP) is 6.57. The van der Waals surface area contributed by atoms with E-state index < -0.39 is 28.5 Å². The lowest BCUT2D eigenvalue weighted by Gasteiger charge is -2.33. The van der Waals surface area contributed by atoms with Crippen molar-refractivity contribution < 1.29 is 18.0 Å². The Bertz CT molecular complexity index is 1400. The van der Waals surface area contributed by atoms with E-state index in [1.54, 1.807) is 55.5 Å². The van der Waals surface area contributed by atoms with Crippen LogP contribution in [0.25, 0.3) is 0 Å². The molecule has 11 heteroatoms. The summed E-state index contributed by atoms with van der Waals surface area (Å²) < 4.78 is 28.7. The van der Waals surface area contributed by atoms with Gasteiger partial charge in [-0.25, -0.2) is 8.42 Å². The second kappa shape index (κ2) is 14.7. The molecular weight excluding hydrogens is 593 g/mol. The largest absolute Gasteiger partial charge is 0.354 e. The van der Waals surface area contributed by atoms with E-state index in [0.717, 1.165) is 22.7 Å². The minimum absolute atomic E-state index is 0.00919. The van der Waals surface area contributed by atoms with Gasteiger partial charge in [-0.15, -0.1) is 0 Å².